The van der Waals surface area contributed by atoms with Gasteiger partial charge >= 0.3 is 5.97 Å². The number of carbonyl (C=O) groups excluding carboxylic acids is 2. The molecule has 45 heavy (non-hydrogen) atoms. The molecule has 1 amide bonds. The van der Waals surface area contributed by atoms with Gasteiger partial charge in [0.25, 0.3) is 11.5 Å². The highest BCUT2D eigenvalue weighted by atomic mass is 79.9. The number of morpholine rings is 1. The summed E-state index contributed by atoms with van der Waals surface area (Å²) in [6.45, 7) is 8.01. The first kappa shape index (κ1) is 32.5. The molecule has 5 rings (SSSR count). The highest BCUT2D eigenvalue weighted by molar-refractivity contribution is 9.10. The molecule has 1 aromatic heterocycles. The van der Waals surface area contributed by atoms with Crippen LogP contribution in [0.3, 0.4) is 0 Å². The zero-order chi connectivity index (χ0) is 32.1. The van der Waals surface area contributed by atoms with E-state index >= 15 is 0 Å². The zero-order valence-electron chi connectivity index (χ0n) is 25.5. The molecule has 0 bridgehead atoms. The minimum Gasteiger partial charge on any atom is -0.493 e. The summed E-state index contributed by atoms with van der Waals surface area (Å²) in [5.41, 5.74) is 1.79. The van der Waals surface area contributed by atoms with E-state index in [9.17, 15) is 14.4 Å². The average Bonchev–Trinajstić information content (AvgIpc) is 3.34. The van der Waals surface area contributed by atoms with E-state index in [1.165, 1.54) is 15.9 Å². The second-order valence-corrected chi connectivity index (χ2v) is 12.0. The molecule has 0 unspecified atom stereocenters. The highest BCUT2D eigenvalue weighted by Gasteiger charge is 2.35. The fourth-order valence-corrected chi connectivity index (χ4v) is 6.72. The standard InChI is InChI=1S/C32H34BrN3O8S/c1-5-42-25-16-22(23(33)17-24(25)40-4)29-28(31(39)43-6-2)19(3)34-32-36(29)30(38)26(45-32)15-20-7-9-21(10-8-20)44-18-27(37)35-11-13-41-14-12-35/h7-10,15-17,29H,5-6,11-14,18H2,1-4H3/b26-15+/t29-/m1/s1. The van der Waals surface area contributed by atoms with Gasteiger partial charge < -0.3 is 28.6 Å². The number of methoxy groups -OCH3 is 1. The van der Waals surface area contributed by atoms with Crippen LogP contribution in [0.4, 0.5) is 0 Å². The van der Waals surface area contributed by atoms with Crippen molar-refractivity contribution in [2.75, 3.05) is 53.2 Å². The topological polar surface area (TPSA) is 118 Å². The van der Waals surface area contributed by atoms with Gasteiger partial charge in [0.2, 0.25) is 0 Å². The predicted molar refractivity (Wildman–Crippen MR) is 172 cm³/mol. The monoisotopic (exact) mass is 699 g/mol. The number of rotatable bonds is 10. The molecule has 3 aromatic rings. The van der Waals surface area contributed by atoms with Crippen molar-refractivity contribution in [3.05, 3.63) is 83.0 Å². The van der Waals surface area contributed by atoms with E-state index in [0.717, 1.165) is 5.56 Å². The molecule has 2 aliphatic heterocycles. The normalized spacial score (nSPS) is 16.6. The Hall–Kier alpha value is -3.94. The Morgan fingerprint density at radius 3 is 2.49 bits per heavy atom. The van der Waals surface area contributed by atoms with E-state index in [-0.39, 0.29) is 30.3 Å². The van der Waals surface area contributed by atoms with Crippen molar-refractivity contribution in [2.45, 2.75) is 26.8 Å². The van der Waals surface area contributed by atoms with E-state index in [1.54, 1.807) is 56.2 Å². The maximum Gasteiger partial charge on any atom is 0.338 e. The SMILES string of the molecule is CCOC(=O)C1=C(C)N=c2s/c(=C/c3ccc(OCC(=O)N4CCOCC4)cc3)c(=O)n2[C@@H]1c1cc(OCC)c(OC)cc1Br. The van der Waals surface area contributed by atoms with E-state index in [1.807, 2.05) is 19.1 Å². The molecule has 2 aromatic carbocycles. The number of nitrogens with zero attached hydrogens (tertiary/aromatic N) is 3. The van der Waals surface area contributed by atoms with Crippen LogP contribution in [0.5, 0.6) is 17.2 Å². The Bertz CT molecular complexity index is 1790. The van der Waals surface area contributed by atoms with Gasteiger partial charge in [0.05, 0.1) is 55.4 Å². The first-order valence-corrected chi connectivity index (χ1v) is 16.1. The zero-order valence-corrected chi connectivity index (χ0v) is 27.9. The number of hydrogen-bond acceptors (Lipinski definition) is 10. The van der Waals surface area contributed by atoms with Crippen LogP contribution in [-0.4, -0.2) is 74.6 Å². The Morgan fingerprint density at radius 2 is 1.82 bits per heavy atom. The minimum absolute atomic E-state index is 0.0635. The second kappa shape index (κ2) is 14.4. The quantitative estimate of drug-likeness (QED) is 0.296. The third-order valence-corrected chi connectivity index (χ3v) is 8.97. The largest absolute Gasteiger partial charge is 0.493 e. The minimum atomic E-state index is -0.832. The number of thiazole rings is 1. The van der Waals surface area contributed by atoms with Crippen molar-refractivity contribution in [1.29, 1.82) is 0 Å². The number of ether oxygens (including phenoxy) is 5. The predicted octanol–water partition coefficient (Wildman–Crippen LogP) is 3.21. The molecule has 0 aliphatic carbocycles. The third kappa shape index (κ3) is 7.00. The molecular weight excluding hydrogens is 666 g/mol. The molecule has 2 aliphatic rings. The van der Waals surface area contributed by atoms with Gasteiger partial charge in [-0.3, -0.25) is 14.2 Å². The van der Waals surface area contributed by atoms with Crippen LogP contribution >= 0.6 is 27.3 Å². The Balaban J connectivity index is 1.51. The van der Waals surface area contributed by atoms with Gasteiger partial charge in [-0.15, -0.1) is 0 Å². The number of hydrogen-bond donors (Lipinski definition) is 0. The number of amides is 1. The fraction of sp³-hybridized carbons (Fsp3) is 0.375. The third-order valence-electron chi connectivity index (χ3n) is 7.30. The summed E-state index contributed by atoms with van der Waals surface area (Å²) in [7, 11) is 1.55. The van der Waals surface area contributed by atoms with Crippen LogP contribution in [0.1, 0.15) is 37.9 Å². The van der Waals surface area contributed by atoms with E-state index < -0.39 is 12.0 Å². The number of halogens is 1. The number of esters is 1. The van der Waals surface area contributed by atoms with Crippen molar-refractivity contribution in [3.63, 3.8) is 0 Å². The van der Waals surface area contributed by atoms with Crippen LogP contribution in [0.25, 0.3) is 6.08 Å². The van der Waals surface area contributed by atoms with Gasteiger partial charge in [0, 0.05) is 17.6 Å². The van der Waals surface area contributed by atoms with Gasteiger partial charge in [-0.2, -0.15) is 0 Å². The van der Waals surface area contributed by atoms with E-state index in [4.69, 9.17) is 23.7 Å². The second-order valence-electron chi connectivity index (χ2n) is 10.1. The fourth-order valence-electron chi connectivity index (χ4n) is 5.13. The summed E-state index contributed by atoms with van der Waals surface area (Å²) in [4.78, 5) is 46.6. The van der Waals surface area contributed by atoms with Gasteiger partial charge in [0.15, 0.2) is 22.9 Å². The molecule has 0 radical (unpaired) electrons. The molecule has 3 heterocycles. The van der Waals surface area contributed by atoms with Crippen LogP contribution in [0.15, 0.2) is 61.9 Å². The molecule has 0 spiro atoms. The molecule has 1 saturated heterocycles. The molecular formula is C32H34BrN3O8S. The van der Waals surface area contributed by atoms with Crippen LogP contribution in [0, 0.1) is 0 Å². The summed E-state index contributed by atoms with van der Waals surface area (Å²) in [6, 6.07) is 9.83. The number of benzene rings is 2. The average molecular weight is 701 g/mol. The van der Waals surface area contributed by atoms with Crippen LogP contribution < -0.4 is 29.1 Å². The lowest BCUT2D eigenvalue weighted by Crippen LogP contribution is -2.42. The maximum atomic E-state index is 14.0. The smallest absolute Gasteiger partial charge is 0.338 e. The van der Waals surface area contributed by atoms with Crippen molar-refractivity contribution < 1.29 is 33.3 Å². The summed E-state index contributed by atoms with van der Waals surface area (Å²) in [5.74, 6) is 0.886. The molecule has 238 valence electrons. The summed E-state index contributed by atoms with van der Waals surface area (Å²) in [6.07, 6.45) is 1.77. The highest BCUT2D eigenvalue weighted by Crippen LogP contribution is 2.41. The van der Waals surface area contributed by atoms with Crippen molar-refractivity contribution >= 4 is 45.2 Å². The van der Waals surface area contributed by atoms with E-state index in [2.05, 4.69) is 20.9 Å². The van der Waals surface area contributed by atoms with Gasteiger partial charge in [-0.1, -0.05) is 39.4 Å². The Kier molecular flexibility index (Phi) is 10.4. The summed E-state index contributed by atoms with van der Waals surface area (Å²) in [5, 5.41) is 0. The molecule has 0 N–H and O–H groups in total. The number of aromatic nitrogens is 1. The first-order valence-electron chi connectivity index (χ1n) is 14.5. The summed E-state index contributed by atoms with van der Waals surface area (Å²) >= 11 is 4.86. The number of allylic oxidation sites excluding steroid dienone is 1. The summed E-state index contributed by atoms with van der Waals surface area (Å²) < 4.78 is 30.3. The van der Waals surface area contributed by atoms with Crippen LogP contribution in [0.2, 0.25) is 0 Å². The van der Waals surface area contributed by atoms with Gasteiger partial charge in [-0.05, 0) is 62.2 Å². The molecule has 11 nitrogen and oxygen atoms in total. The molecule has 1 atom stereocenters. The Labute approximate surface area is 272 Å². The number of carbonyl (C=O) groups is 2. The van der Waals surface area contributed by atoms with Crippen molar-refractivity contribution in [3.8, 4) is 17.2 Å². The first-order chi connectivity index (χ1) is 21.7. The van der Waals surface area contributed by atoms with Crippen LogP contribution in [-0.2, 0) is 19.1 Å². The van der Waals surface area contributed by atoms with Crippen molar-refractivity contribution in [2.24, 2.45) is 4.99 Å². The lowest BCUT2D eigenvalue weighted by atomic mass is 9.95. The van der Waals surface area contributed by atoms with E-state index in [0.29, 0.717) is 75.2 Å². The molecule has 1 fully saturated rings. The molecule has 0 saturated carbocycles. The Morgan fingerprint density at radius 1 is 1.09 bits per heavy atom. The lowest BCUT2D eigenvalue weighted by molar-refractivity contribution is -0.139. The number of fused-ring (bicyclic) bond motifs is 1. The van der Waals surface area contributed by atoms with Crippen molar-refractivity contribution in [1.82, 2.24) is 9.47 Å². The van der Waals surface area contributed by atoms with Gasteiger partial charge in [0.1, 0.15) is 5.75 Å². The van der Waals surface area contributed by atoms with Gasteiger partial charge in [-0.25, -0.2) is 9.79 Å². The maximum absolute atomic E-state index is 14.0. The lowest BCUT2D eigenvalue weighted by Gasteiger charge is -2.26. The molecule has 13 heteroatoms.